The number of hydrogen-bond donors (Lipinski definition) is 5. The molecule has 2 aromatic heterocycles. The first-order valence-corrected chi connectivity index (χ1v) is 8.87. The number of rotatable bonds is 5. The Bertz CT molecular complexity index is 689. The zero-order chi connectivity index (χ0) is 17.3. The summed E-state index contributed by atoms with van der Waals surface area (Å²) in [4.78, 5) is 16.7. The van der Waals surface area contributed by atoms with Gasteiger partial charge in [-0.15, -0.1) is 0 Å². The number of nitrogens with zero attached hydrogens (tertiary/aromatic N) is 1. The van der Waals surface area contributed by atoms with Gasteiger partial charge in [0.05, 0.1) is 17.7 Å². The zero-order valence-corrected chi connectivity index (χ0v) is 13.9. The maximum atomic E-state index is 12.2. The molecule has 1 fully saturated rings. The topological polar surface area (TPSA) is 132 Å². The molecule has 0 bridgehead atoms. The van der Waals surface area contributed by atoms with Crippen LogP contribution in [0, 0.1) is 0 Å². The molecule has 0 amide bonds. The molecule has 3 heterocycles. The van der Waals surface area contributed by atoms with Crippen LogP contribution in [0.1, 0.15) is 15.2 Å². The van der Waals surface area contributed by atoms with Crippen molar-refractivity contribution < 1.29 is 30.0 Å². The monoisotopic (exact) mass is 372 g/mol. The Morgan fingerprint density at radius 3 is 2.75 bits per heavy atom. The van der Waals surface area contributed by atoms with Gasteiger partial charge in [-0.05, 0) is 11.4 Å². The number of nitrogens with one attached hydrogen (secondary N) is 1. The number of carbonyl (C=O) groups excluding carboxylic acids is 1. The molecular formula is C14H16N2O6S2. The average molecular weight is 372 g/mol. The first-order valence-electron chi connectivity index (χ1n) is 7.11. The Morgan fingerprint density at radius 1 is 1.29 bits per heavy atom. The van der Waals surface area contributed by atoms with E-state index in [1.807, 2.05) is 0 Å². The highest BCUT2D eigenvalue weighted by Crippen LogP contribution is 2.26. The van der Waals surface area contributed by atoms with Crippen molar-refractivity contribution in [3.8, 4) is 0 Å². The molecule has 2 unspecified atom stereocenters. The molecule has 0 aromatic carbocycles. The van der Waals surface area contributed by atoms with Gasteiger partial charge in [-0.1, -0.05) is 11.3 Å². The number of thiophene rings is 1. The summed E-state index contributed by atoms with van der Waals surface area (Å²) in [6.45, 7) is -0.511. The predicted octanol–water partition coefficient (Wildman–Crippen LogP) is -0.353. The van der Waals surface area contributed by atoms with E-state index in [9.17, 15) is 20.1 Å². The number of carbonyl (C=O) groups is 1. The Balaban J connectivity index is 1.71. The van der Waals surface area contributed by atoms with Gasteiger partial charge in [0, 0.05) is 10.9 Å². The fourth-order valence-corrected chi connectivity index (χ4v) is 3.76. The third kappa shape index (κ3) is 3.35. The molecule has 8 nitrogen and oxygen atoms in total. The fraction of sp³-hybridized carbons (Fsp3) is 0.429. The molecule has 0 saturated carbocycles. The van der Waals surface area contributed by atoms with Crippen molar-refractivity contribution in [1.82, 2.24) is 4.98 Å². The van der Waals surface area contributed by atoms with Gasteiger partial charge < -0.3 is 30.5 Å². The first-order chi connectivity index (χ1) is 11.5. The molecule has 2 aromatic rings. The van der Waals surface area contributed by atoms with Gasteiger partial charge in [0.15, 0.2) is 11.4 Å². The Kier molecular flexibility index (Phi) is 5.25. The zero-order valence-electron chi connectivity index (χ0n) is 12.3. The van der Waals surface area contributed by atoms with E-state index in [-0.39, 0.29) is 5.78 Å². The van der Waals surface area contributed by atoms with Crippen molar-refractivity contribution in [3.05, 3.63) is 33.5 Å². The van der Waals surface area contributed by atoms with E-state index in [2.05, 4.69) is 10.3 Å². The highest BCUT2D eigenvalue weighted by atomic mass is 32.1. The number of ether oxygens (including phenoxy) is 1. The lowest BCUT2D eigenvalue weighted by atomic mass is 9.98. The molecular weight excluding hydrogens is 356 g/mol. The van der Waals surface area contributed by atoms with E-state index < -0.39 is 37.3 Å². The number of anilines is 1. The molecule has 10 heteroatoms. The molecule has 0 radical (unpaired) electrons. The molecule has 0 spiro atoms. The summed E-state index contributed by atoms with van der Waals surface area (Å²) >= 11 is 2.50. The van der Waals surface area contributed by atoms with Crippen LogP contribution in [0.5, 0.6) is 0 Å². The minimum absolute atomic E-state index is 0.157. The van der Waals surface area contributed by atoms with E-state index in [0.717, 1.165) is 11.3 Å². The number of ketones is 1. The van der Waals surface area contributed by atoms with E-state index in [1.165, 1.54) is 17.5 Å². The van der Waals surface area contributed by atoms with Crippen molar-refractivity contribution in [3.63, 3.8) is 0 Å². The van der Waals surface area contributed by atoms with Crippen LogP contribution in [-0.2, 0) is 4.74 Å². The molecule has 24 heavy (non-hydrogen) atoms. The van der Waals surface area contributed by atoms with Crippen LogP contribution in [0.2, 0.25) is 0 Å². The van der Waals surface area contributed by atoms with Gasteiger partial charge in [-0.3, -0.25) is 4.79 Å². The van der Waals surface area contributed by atoms with Crippen molar-refractivity contribution >= 4 is 33.6 Å². The molecule has 1 saturated heterocycles. The molecule has 5 atom stereocenters. The molecule has 3 rings (SSSR count). The summed E-state index contributed by atoms with van der Waals surface area (Å²) in [6, 6.07) is 1.72. The summed E-state index contributed by atoms with van der Waals surface area (Å²) in [7, 11) is 0. The molecule has 130 valence electrons. The van der Waals surface area contributed by atoms with Gasteiger partial charge in [0.2, 0.25) is 5.78 Å². The number of hydrogen-bond acceptors (Lipinski definition) is 10. The number of aliphatic hydroxyl groups is 4. The van der Waals surface area contributed by atoms with Gasteiger partial charge in [0.1, 0.15) is 24.4 Å². The van der Waals surface area contributed by atoms with Crippen LogP contribution in [0.4, 0.5) is 5.13 Å². The van der Waals surface area contributed by atoms with Crippen molar-refractivity contribution in [2.45, 2.75) is 30.6 Å². The summed E-state index contributed by atoms with van der Waals surface area (Å²) in [6.07, 6.45) is -4.97. The lowest BCUT2D eigenvalue weighted by molar-refractivity contribution is -0.221. The van der Waals surface area contributed by atoms with Crippen LogP contribution in [0.15, 0.2) is 23.0 Å². The molecule has 5 N–H and O–H groups in total. The van der Waals surface area contributed by atoms with Gasteiger partial charge in [0.25, 0.3) is 0 Å². The van der Waals surface area contributed by atoms with E-state index in [4.69, 9.17) is 9.84 Å². The fourth-order valence-electron chi connectivity index (χ4n) is 2.32. The SMILES string of the molecule is O=C(c1ccsc1)c1cnc(N[C@H]2OC(CO)[C@@H](O)[C@H](O)C2O)s1. The third-order valence-corrected chi connectivity index (χ3v) is 5.28. The first kappa shape index (κ1) is 17.4. The van der Waals surface area contributed by atoms with E-state index in [1.54, 1.807) is 16.8 Å². The highest BCUT2D eigenvalue weighted by Gasteiger charge is 2.43. The highest BCUT2D eigenvalue weighted by molar-refractivity contribution is 7.17. The molecule has 1 aliphatic rings. The van der Waals surface area contributed by atoms with E-state index in [0.29, 0.717) is 15.6 Å². The smallest absolute Gasteiger partial charge is 0.205 e. The van der Waals surface area contributed by atoms with Crippen LogP contribution in [0.25, 0.3) is 0 Å². The average Bonchev–Trinajstić information content (AvgIpc) is 3.26. The predicted molar refractivity (Wildman–Crippen MR) is 87.3 cm³/mol. The minimum atomic E-state index is -1.47. The van der Waals surface area contributed by atoms with Gasteiger partial charge >= 0.3 is 0 Å². The third-order valence-electron chi connectivity index (χ3n) is 3.67. The van der Waals surface area contributed by atoms with Crippen LogP contribution in [0.3, 0.4) is 0 Å². The second kappa shape index (κ2) is 7.23. The number of aliphatic hydroxyl groups excluding tert-OH is 4. The Hall–Kier alpha value is -1.40. The van der Waals surface area contributed by atoms with Crippen LogP contribution >= 0.6 is 22.7 Å². The maximum Gasteiger partial charge on any atom is 0.205 e. The van der Waals surface area contributed by atoms with Gasteiger partial charge in [-0.2, -0.15) is 11.3 Å². The lowest BCUT2D eigenvalue weighted by Crippen LogP contribution is -2.60. The maximum absolute atomic E-state index is 12.2. The summed E-state index contributed by atoms with van der Waals surface area (Å²) in [5, 5.41) is 45.3. The quantitative estimate of drug-likeness (QED) is 0.450. The number of thiazole rings is 1. The molecule has 1 aliphatic heterocycles. The number of aromatic nitrogens is 1. The van der Waals surface area contributed by atoms with E-state index >= 15 is 0 Å². The van der Waals surface area contributed by atoms with Gasteiger partial charge in [-0.25, -0.2) is 4.98 Å². The largest absolute Gasteiger partial charge is 0.394 e. The van der Waals surface area contributed by atoms with Crippen molar-refractivity contribution in [2.75, 3.05) is 11.9 Å². The Morgan fingerprint density at radius 2 is 2.08 bits per heavy atom. The Labute approximate surface area is 145 Å². The van der Waals surface area contributed by atoms with Crippen molar-refractivity contribution in [1.29, 1.82) is 0 Å². The summed E-state index contributed by atoms with van der Waals surface area (Å²) in [5.74, 6) is -0.157. The standard InChI is InChI=1S/C14H16N2O6S2/c17-4-7-10(19)11(20)12(21)13(22-7)16-14-15-3-8(24-14)9(18)6-1-2-23-5-6/h1-3,5,7,10-13,17,19-21H,4H2,(H,15,16)/t7?,10-,11+,12?,13+/m1/s1. The lowest BCUT2D eigenvalue weighted by Gasteiger charge is -2.40. The normalized spacial score (nSPS) is 30.2. The van der Waals surface area contributed by atoms with Crippen LogP contribution < -0.4 is 5.32 Å². The molecule has 0 aliphatic carbocycles. The van der Waals surface area contributed by atoms with Crippen LogP contribution in [-0.4, -0.2) is 68.4 Å². The minimum Gasteiger partial charge on any atom is -0.394 e. The van der Waals surface area contributed by atoms with Crippen molar-refractivity contribution in [2.24, 2.45) is 0 Å². The summed E-state index contributed by atoms with van der Waals surface area (Å²) in [5.41, 5.74) is 0.572. The second-order valence-electron chi connectivity index (χ2n) is 5.26. The second-order valence-corrected chi connectivity index (χ2v) is 7.08. The summed E-state index contributed by atoms with van der Waals surface area (Å²) < 4.78 is 5.34.